The van der Waals surface area contributed by atoms with Crippen LogP contribution in [0.15, 0.2) is 59.4 Å². The van der Waals surface area contributed by atoms with Crippen LogP contribution in [-0.4, -0.2) is 22.8 Å². The molecule has 2 aromatic carbocycles. The minimum Gasteiger partial charge on any atom is -0.487 e. The molecule has 1 aromatic heterocycles. The van der Waals surface area contributed by atoms with E-state index in [4.69, 9.17) is 4.74 Å². The molecule has 0 radical (unpaired) electrons. The van der Waals surface area contributed by atoms with Crippen molar-refractivity contribution >= 4 is 17.2 Å². The van der Waals surface area contributed by atoms with Gasteiger partial charge in [-0.2, -0.15) is 0 Å². The molecule has 4 nitrogen and oxygen atoms in total. The molecule has 0 N–H and O–H groups in total. The fraction of sp³-hybridized carbons (Fsp3) is 0.158. The predicted molar refractivity (Wildman–Crippen MR) is 95.1 cm³/mol. The Labute approximate surface area is 149 Å². The zero-order valence-electron chi connectivity index (χ0n) is 13.7. The summed E-state index contributed by atoms with van der Waals surface area (Å²) in [5.74, 6) is 0.243. The predicted octanol–water partition coefficient (Wildman–Crippen LogP) is 4.13. The van der Waals surface area contributed by atoms with Crippen LogP contribution >= 0.6 is 11.3 Å². The standard InChI is InChI=1S/C19H17FN2O2S/c1-22(10-14-3-2-4-16(20)9-14)19(23)15-5-7-18(8-6-15)24-11-17-12-25-13-21-17/h2-9,12-13H,10-11H2,1H3. The third kappa shape index (κ3) is 4.64. The zero-order valence-corrected chi connectivity index (χ0v) is 14.5. The summed E-state index contributed by atoms with van der Waals surface area (Å²) < 4.78 is 18.9. The van der Waals surface area contributed by atoms with Crippen molar-refractivity contribution in [3.05, 3.63) is 82.1 Å². The van der Waals surface area contributed by atoms with Gasteiger partial charge in [0.05, 0.1) is 11.2 Å². The van der Waals surface area contributed by atoms with Crippen LogP contribution < -0.4 is 4.74 Å². The quantitative estimate of drug-likeness (QED) is 0.667. The highest BCUT2D eigenvalue weighted by Gasteiger charge is 2.12. The van der Waals surface area contributed by atoms with E-state index in [0.717, 1.165) is 11.3 Å². The average molecular weight is 356 g/mol. The zero-order chi connectivity index (χ0) is 17.6. The highest BCUT2D eigenvalue weighted by molar-refractivity contribution is 7.07. The van der Waals surface area contributed by atoms with Crippen molar-refractivity contribution in [3.63, 3.8) is 0 Å². The van der Waals surface area contributed by atoms with Gasteiger partial charge in [0.2, 0.25) is 0 Å². The van der Waals surface area contributed by atoms with Gasteiger partial charge in [-0.05, 0) is 42.0 Å². The summed E-state index contributed by atoms with van der Waals surface area (Å²) in [6, 6.07) is 13.2. The number of benzene rings is 2. The van der Waals surface area contributed by atoms with Crippen LogP contribution in [0.3, 0.4) is 0 Å². The first-order chi connectivity index (χ1) is 12.1. The third-order valence-electron chi connectivity index (χ3n) is 3.63. The fourth-order valence-corrected chi connectivity index (χ4v) is 2.90. The second-order valence-electron chi connectivity index (χ2n) is 5.58. The maximum Gasteiger partial charge on any atom is 0.253 e. The smallest absolute Gasteiger partial charge is 0.253 e. The minimum atomic E-state index is -0.306. The van der Waals surface area contributed by atoms with E-state index in [9.17, 15) is 9.18 Å². The van der Waals surface area contributed by atoms with Crippen LogP contribution in [0.25, 0.3) is 0 Å². The van der Waals surface area contributed by atoms with Gasteiger partial charge in [0, 0.05) is 24.5 Å². The van der Waals surface area contributed by atoms with Crippen LogP contribution in [-0.2, 0) is 13.2 Å². The van der Waals surface area contributed by atoms with Crippen LogP contribution in [0.1, 0.15) is 21.6 Å². The Morgan fingerprint density at radius 1 is 1.24 bits per heavy atom. The van der Waals surface area contributed by atoms with Crippen molar-refractivity contribution in [2.75, 3.05) is 7.05 Å². The molecular formula is C19H17FN2O2S. The number of hydrogen-bond acceptors (Lipinski definition) is 4. The van der Waals surface area contributed by atoms with E-state index in [1.165, 1.54) is 23.5 Å². The Hall–Kier alpha value is -2.73. The fourth-order valence-electron chi connectivity index (χ4n) is 2.36. The van der Waals surface area contributed by atoms with Crippen molar-refractivity contribution < 1.29 is 13.9 Å². The summed E-state index contributed by atoms with van der Waals surface area (Å²) in [5.41, 5.74) is 3.94. The SMILES string of the molecule is CN(Cc1cccc(F)c1)C(=O)c1ccc(OCc2cscn2)cc1. The van der Waals surface area contributed by atoms with E-state index in [2.05, 4.69) is 4.98 Å². The molecule has 3 aromatic rings. The Balaban J connectivity index is 1.59. The monoisotopic (exact) mass is 356 g/mol. The molecule has 0 spiro atoms. The number of ether oxygens (including phenoxy) is 1. The van der Waals surface area contributed by atoms with Gasteiger partial charge in [0.1, 0.15) is 18.2 Å². The largest absolute Gasteiger partial charge is 0.487 e. The number of halogens is 1. The average Bonchev–Trinajstić information content (AvgIpc) is 3.13. The molecule has 0 fully saturated rings. The lowest BCUT2D eigenvalue weighted by molar-refractivity contribution is 0.0785. The summed E-state index contributed by atoms with van der Waals surface area (Å²) in [4.78, 5) is 18.2. The molecule has 0 aliphatic carbocycles. The molecule has 0 saturated heterocycles. The van der Waals surface area contributed by atoms with Crippen molar-refractivity contribution in [1.29, 1.82) is 0 Å². The number of rotatable bonds is 6. The van der Waals surface area contributed by atoms with Gasteiger partial charge in [0.15, 0.2) is 0 Å². The lowest BCUT2D eigenvalue weighted by atomic mass is 10.1. The number of carbonyl (C=O) groups is 1. The first-order valence-electron chi connectivity index (χ1n) is 7.71. The summed E-state index contributed by atoms with van der Waals surface area (Å²) in [5, 5.41) is 1.93. The number of thiazole rings is 1. The second-order valence-corrected chi connectivity index (χ2v) is 6.30. The van der Waals surface area contributed by atoms with E-state index in [0.29, 0.717) is 24.5 Å². The molecule has 128 valence electrons. The Morgan fingerprint density at radius 2 is 2.04 bits per heavy atom. The highest BCUT2D eigenvalue weighted by atomic mass is 32.1. The van der Waals surface area contributed by atoms with Crippen molar-refractivity contribution in [2.24, 2.45) is 0 Å². The molecular weight excluding hydrogens is 339 g/mol. The van der Waals surface area contributed by atoms with E-state index >= 15 is 0 Å². The number of aromatic nitrogens is 1. The number of nitrogens with zero attached hydrogens (tertiary/aromatic N) is 2. The van der Waals surface area contributed by atoms with Gasteiger partial charge in [-0.15, -0.1) is 11.3 Å². The van der Waals surface area contributed by atoms with Crippen LogP contribution in [0.4, 0.5) is 4.39 Å². The second kappa shape index (κ2) is 7.90. The first kappa shape index (κ1) is 17.1. The number of amides is 1. The molecule has 3 rings (SSSR count). The molecule has 0 unspecified atom stereocenters. The van der Waals surface area contributed by atoms with Gasteiger partial charge >= 0.3 is 0 Å². The molecule has 0 bridgehead atoms. The topological polar surface area (TPSA) is 42.4 Å². The summed E-state index contributed by atoms with van der Waals surface area (Å²) >= 11 is 1.52. The van der Waals surface area contributed by atoms with E-state index in [1.54, 1.807) is 53.9 Å². The van der Waals surface area contributed by atoms with Crippen LogP contribution in [0.5, 0.6) is 5.75 Å². The summed E-state index contributed by atoms with van der Waals surface area (Å²) in [6.45, 7) is 0.745. The van der Waals surface area contributed by atoms with Crippen LogP contribution in [0.2, 0.25) is 0 Å². The summed E-state index contributed by atoms with van der Waals surface area (Å²) in [7, 11) is 1.69. The molecule has 0 aliphatic heterocycles. The van der Waals surface area contributed by atoms with Gasteiger partial charge in [0.25, 0.3) is 5.91 Å². The molecule has 1 amide bonds. The van der Waals surface area contributed by atoms with E-state index < -0.39 is 0 Å². The first-order valence-corrected chi connectivity index (χ1v) is 8.66. The van der Waals surface area contributed by atoms with E-state index in [-0.39, 0.29) is 11.7 Å². The molecule has 25 heavy (non-hydrogen) atoms. The van der Waals surface area contributed by atoms with Crippen LogP contribution in [0, 0.1) is 5.82 Å². The molecule has 1 heterocycles. The van der Waals surface area contributed by atoms with Crippen molar-refractivity contribution in [3.8, 4) is 5.75 Å². The van der Waals surface area contributed by atoms with Gasteiger partial charge < -0.3 is 9.64 Å². The lowest BCUT2D eigenvalue weighted by Crippen LogP contribution is -2.26. The number of hydrogen-bond donors (Lipinski definition) is 0. The lowest BCUT2D eigenvalue weighted by Gasteiger charge is -2.17. The molecule has 0 atom stereocenters. The normalized spacial score (nSPS) is 10.5. The molecule has 0 aliphatic rings. The molecule has 0 saturated carbocycles. The Bertz CT molecular complexity index is 835. The molecule has 6 heteroatoms. The minimum absolute atomic E-state index is 0.129. The highest BCUT2D eigenvalue weighted by Crippen LogP contribution is 2.16. The van der Waals surface area contributed by atoms with E-state index in [1.807, 2.05) is 5.38 Å². The Kier molecular flexibility index (Phi) is 5.40. The van der Waals surface area contributed by atoms with Crippen molar-refractivity contribution in [1.82, 2.24) is 9.88 Å². The van der Waals surface area contributed by atoms with Gasteiger partial charge in [-0.3, -0.25) is 4.79 Å². The third-order valence-corrected chi connectivity index (χ3v) is 4.26. The Morgan fingerprint density at radius 3 is 2.72 bits per heavy atom. The summed E-state index contributed by atoms with van der Waals surface area (Å²) in [6.07, 6.45) is 0. The van der Waals surface area contributed by atoms with Crippen molar-refractivity contribution in [2.45, 2.75) is 13.2 Å². The van der Waals surface area contributed by atoms with Gasteiger partial charge in [-0.1, -0.05) is 12.1 Å². The number of carbonyl (C=O) groups excluding carboxylic acids is 1. The van der Waals surface area contributed by atoms with Gasteiger partial charge in [-0.25, -0.2) is 9.37 Å². The maximum absolute atomic E-state index is 13.2. The maximum atomic E-state index is 13.2.